The molecule has 0 fully saturated rings. The highest BCUT2D eigenvalue weighted by molar-refractivity contribution is 6.44. The summed E-state index contributed by atoms with van der Waals surface area (Å²) in [6, 6.07) is 1.03. The first-order valence-electron chi connectivity index (χ1n) is 3.43. The molecule has 0 aromatic heterocycles. The zero-order valence-corrected chi connectivity index (χ0v) is 8.52. The summed E-state index contributed by atoms with van der Waals surface area (Å²) in [5, 5.41) is 0. The molecule has 1 radical (unpaired) electrons. The van der Waals surface area contributed by atoms with Gasteiger partial charge in [-0.2, -0.15) is 0 Å². The van der Waals surface area contributed by atoms with Gasteiger partial charge in [0.25, 0.3) is 0 Å². The van der Waals surface area contributed by atoms with E-state index < -0.39 is 9.28 Å². The van der Waals surface area contributed by atoms with Crippen LogP contribution in [0.1, 0.15) is 20.8 Å². The third kappa shape index (κ3) is 4.96. The summed E-state index contributed by atoms with van der Waals surface area (Å²) in [5.41, 5.74) is 0.320. The summed E-state index contributed by atoms with van der Waals surface area (Å²) in [6.45, 7) is 6.57. The van der Waals surface area contributed by atoms with Crippen LogP contribution in [-0.4, -0.2) is 23.5 Å². The molecule has 3 heteroatoms. The van der Waals surface area contributed by atoms with E-state index in [0.717, 1.165) is 6.04 Å². The van der Waals surface area contributed by atoms with Crippen molar-refractivity contribution in [3.05, 3.63) is 0 Å². The maximum atomic E-state index is 5.16. The Balaban J connectivity index is 3.63. The van der Waals surface area contributed by atoms with Gasteiger partial charge in [-0.15, -0.1) is 0 Å². The molecule has 0 saturated heterocycles. The Morgan fingerprint density at radius 3 is 1.60 bits per heavy atom. The van der Waals surface area contributed by atoms with Gasteiger partial charge >= 0.3 is 9.28 Å². The molecule has 0 heterocycles. The molecule has 0 aromatic carbocycles. The summed E-state index contributed by atoms with van der Waals surface area (Å²) < 4.78 is 10.3. The van der Waals surface area contributed by atoms with E-state index in [1.807, 2.05) is 0 Å². The van der Waals surface area contributed by atoms with E-state index in [-0.39, 0.29) is 0 Å². The maximum Gasteiger partial charge on any atom is 0.384 e. The van der Waals surface area contributed by atoms with Crippen LogP contribution in [0, 0.1) is 5.41 Å². The molecular formula is C7H17O2Si. The molecule has 0 atom stereocenters. The van der Waals surface area contributed by atoms with Crippen molar-refractivity contribution in [2.75, 3.05) is 14.2 Å². The van der Waals surface area contributed by atoms with Crippen molar-refractivity contribution in [2.24, 2.45) is 5.41 Å². The summed E-state index contributed by atoms with van der Waals surface area (Å²) in [5.74, 6) is 0. The molecule has 0 bridgehead atoms. The van der Waals surface area contributed by atoms with Crippen molar-refractivity contribution in [3.8, 4) is 0 Å². The van der Waals surface area contributed by atoms with Gasteiger partial charge in [0.1, 0.15) is 0 Å². The first kappa shape index (κ1) is 10.1. The fraction of sp³-hybridized carbons (Fsp3) is 1.00. The molecule has 0 amide bonds. The highest BCUT2D eigenvalue weighted by atomic mass is 28.3. The maximum absolute atomic E-state index is 5.16. The quantitative estimate of drug-likeness (QED) is 0.588. The van der Waals surface area contributed by atoms with Crippen LogP contribution in [0.2, 0.25) is 6.04 Å². The topological polar surface area (TPSA) is 18.5 Å². The molecule has 0 saturated carbocycles. The average Bonchev–Trinajstić information content (AvgIpc) is 1.81. The van der Waals surface area contributed by atoms with Crippen LogP contribution >= 0.6 is 0 Å². The van der Waals surface area contributed by atoms with Crippen molar-refractivity contribution >= 4 is 9.28 Å². The molecule has 0 aliphatic rings. The minimum absolute atomic E-state index is 0.320. The van der Waals surface area contributed by atoms with Crippen LogP contribution in [-0.2, 0) is 8.85 Å². The van der Waals surface area contributed by atoms with Crippen LogP contribution in [0.25, 0.3) is 0 Å². The van der Waals surface area contributed by atoms with Gasteiger partial charge in [-0.25, -0.2) is 0 Å². The van der Waals surface area contributed by atoms with Gasteiger partial charge in [0.15, 0.2) is 0 Å². The van der Waals surface area contributed by atoms with E-state index in [0.29, 0.717) is 5.41 Å². The van der Waals surface area contributed by atoms with Gasteiger partial charge in [0.05, 0.1) is 0 Å². The van der Waals surface area contributed by atoms with Gasteiger partial charge in [-0.05, 0) is 11.5 Å². The van der Waals surface area contributed by atoms with Crippen molar-refractivity contribution < 1.29 is 8.85 Å². The van der Waals surface area contributed by atoms with Crippen LogP contribution < -0.4 is 0 Å². The van der Waals surface area contributed by atoms with E-state index in [9.17, 15) is 0 Å². The molecular weight excluding hydrogens is 144 g/mol. The zero-order chi connectivity index (χ0) is 8.20. The van der Waals surface area contributed by atoms with Gasteiger partial charge in [-0.3, -0.25) is 0 Å². The Labute approximate surface area is 65.4 Å². The lowest BCUT2D eigenvalue weighted by Gasteiger charge is -2.20. The number of rotatable bonds is 3. The molecule has 0 N–H and O–H groups in total. The predicted octanol–water partition coefficient (Wildman–Crippen LogP) is 1.81. The molecule has 0 unspecified atom stereocenters. The molecule has 10 heavy (non-hydrogen) atoms. The minimum atomic E-state index is -0.981. The Hall–Kier alpha value is 0.137. The third-order valence-electron chi connectivity index (χ3n) is 1.13. The van der Waals surface area contributed by atoms with E-state index in [2.05, 4.69) is 20.8 Å². The molecule has 61 valence electrons. The summed E-state index contributed by atoms with van der Waals surface area (Å²) >= 11 is 0. The van der Waals surface area contributed by atoms with Gasteiger partial charge in [0, 0.05) is 14.2 Å². The van der Waals surface area contributed by atoms with E-state index >= 15 is 0 Å². The second-order valence-electron chi connectivity index (χ2n) is 3.52. The normalized spacial score (nSPS) is 12.6. The second-order valence-corrected chi connectivity index (χ2v) is 5.43. The standard InChI is InChI=1S/C7H17O2Si/c1-7(2,3)6-10(8-4)9-5/h6H2,1-5H3. The van der Waals surface area contributed by atoms with Crippen LogP contribution in [0.3, 0.4) is 0 Å². The van der Waals surface area contributed by atoms with Crippen molar-refractivity contribution in [3.63, 3.8) is 0 Å². The summed E-state index contributed by atoms with van der Waals surface area (Å²) in [4.78, 5) is 0. The van der Waals surface area contributed by atoms with Crippen molar-refractivity contribution in [1.82, 2.24) is 0 Å². The minimum Gasteiger partial charge on any atom is -0.397 e. The zero-order valence-electron chi connectivity index (χ0n) is 7.52. The molecule has 2 nitrogen and oxygen atoms in total. The molecule has 0 rings (SSSR count). The second kappa shape index (κ2) is 4.11. The van der Waals surface area contributed by atoms with Crippen molar-refractivity contribution in [2.45, 2.75) is 26.8 Å². The lowest BCUT2D eigenvalue weighted by atomic mass is 10.0. The van der Waals surface area contributed by atoms with E-state index in [1.165, 1.54) is 0 Å². The fourth-order valence-electron chi connectivity index (χ4n) is 0.661. The first-order valence-corrected chi connectivity index (χ1v) is 4.96. The lowest BCUT2D eigenvalue weighted by Crippen LogP contribution is -2.25. The van der Waals surface area contributed by atoms with Gasteiger partial charge in [-0.1, -0.05) is 20.8 Å². The first-order chi connectivity index (χ1) is 4.49. The van der Waals surface area contributed by atoms with Crippen molar-refractivity contribution in [1.29, 1.82) is 0 Å². The molecule has 0 aliphatic heterocycles. The summed E-state index contributed by atoms with van der Waals surface area (Å²) in [7, 11) is 2.44. The van der Waals surface area contributed by atoms with E-state index in [1.54, 1.807) is 14.2 Å². The Bertz CT molecular complexity index is 84.1. The number of hydrogen-bond donors (Lipinski definition) is 0. The number of hydrogen-bond acceptors (Lipinski definition) is 2. The Morgan fingerprint density at radius 2 is 1.50 bits per heavy atom. The lowest BCUT2D eigenvalue weighted by molar-refractivity contribution is 0.259. The fourth-order valence-corrected chi connectivity index (χ4v) is 1.98. The average molecular weight is 161 g/mol. The Kier molecular flexibility index (Phi) is 4.16. The van der Waals surface area contributed by atoms with Crippen LogP contribution in [0.15, 0.2) is 0 Å². The van der Waals surface area contributed by atoms with Crippen LogP contribution in [0.4, 0.5) is 0 Å². The molecule has 0 aromatic rings. The highest BCUT2D eigenvalue weighted by Crippen LogP contribution is 2.21. The highest BCUT2D eigenvalue weighted by Gasteiger charge is 2.21. The largest absolute Gasteiger partial charge is 0.397 e. The molecule has 0 spiro atoms. The summed E-state index contributed by atoms with van der Waals surface area (Å²) in [6.07, 6.45) is 0. The smallest absolute Gasteiger partial charge is 0.384 e. The predicted molar refractivity (Wildman–Crippen MR) is 44.0 cm³/mol. The SMILES string of the molecule is CO[Si](CC(C)(C)C)OC. The third-order valence-corrected chi connectivity index (χ3v) is 3.39. The van der Waals surface area contributed by atoms with E-state index in [4.69, 9.17) is 8.85 Å². The van der Waals surface area contributed by atoms with Gasteiger partial charge in [0.2, 0.25) is 0 Å². The Morgan fingerprint density at radius 1 is 1.10 bits per heavy atom. The van der Waals surface area contributed by atoms with Crippen LogP contribution in [0.5, 0.6) is 0 Å². The van der Waals surface area contributed by atoms with Gasteiger partial charge < -0.3 is 8.85 Å². The molecule has 0 aliphatic carbocycles. The monoisotopic (exact) mass is 161 g/mol.